The summed E-state index contributed by atoms with van der Waals surface area (Å²) in [6, 6.07) is 0. The van der Waals surface area contributed by atoms with E-state index in [1.807, 2.05) is 13.0 Å². The fourth-order valence-electron chi connectivity index (χ4n) is 3.57. The second-order valence-corrected chi connectivity index (χ2v) is 5.55. The number of allylic oxidation sites excluding steroid dienone is 1. The molecule has 0 amide bonds. The molecule has 3 unspecified atom stereocenters. The predicted molar refractivity (Wildman–Crippen MR) is 67.9 cm³/mol. The molecule has 0 N–H and O–H groups in total. The molecule has 3 nitrogen and oxygen atoms in total. The van der Waals surface area contributed by atoms with Gasteiger partial charge in [0.15, 0.2) is 11.6 Å². The fraction of sp³-hybridized carbons (Fsp3) is 0.667. The van der Waals surface area contributed by atoms with Crippen LogP contribution < -0.4 is 0 Å². The first kappa shape index (κ1) is 12.9. The summed E-state index contributed by atoms with van der Waals surface area (Å²) in [6.07, 6.45) is 6.83. The van der Waals surface area contributed by atoms with Gasteiger partial charge in [-0.15, -0.1) is 0 Å². The van der Waals surface area contributed by atoms with Crippen molar-refractivity contribution in [2.45, 2.75) is 38.4 Å². The van der Waals surface area contributed by atoms with Crippen molar-refractivity contribution in [1.29, 1.82) is 0 Å². The van der Waals surface area contributed by atoms with Crippen LogP contribution >= 0.6 is 0 Å². The Labute approximate surface area is 112 Å². The Morgan fingerprint density at radius 1 is 1.53 bits per heavy atom. The number of carbonyl (C=O) groups is 1. The van der Waals surface area contributed by atoms with E-state index in [-0.39, 0.29) is 23.8 Å². The molecule has 3 aliphatic rings. The first-order valence-corrected chi connectivity index (χ1v) is 7.06. The minimum atomic E-state index is -0.507. The quantitative estimate of drug-likeness (QED) is 0.737. The van der Waals surface area contributed by atoms with Gasteiger partial charge in [-0.25, -0.2) is 4.39 Å². The molecule has 1 saturated heterocycles. The van der Waals surface area contributed by atoms with Crippen LogP contribution in [0.2, 0.25) is 0 Å². The SMILES string of the molecule is CCOC1=C(F)C2O[C@@H]3CC(C=O)CC[C@H]3C2C=C1. The van der Waals surface area contributed by atoms with E-state index < -0.39 is 6.10 Å². The summed E-state index contributed by atoms with van der Waals surface area (Å²) in [6.45, 7) is 2.29. The van der Waals surface area contributed by atoms with Crippen LogP contribution in [0.25, 0.3) is 0 Å². The van der Waals surface area contributed by atoms with E-state index in [1.54, 1.807) is 6.08 Å². The third kappa shape index (κ3) is 2.12. The topological polar surface area (TPSA) is 35.5 Å². The van der Waals surface area contributed by atoms with Crippen molar-refractivity contribution in [3.05, 3.63) is 23.7 Å². The lowest BCUT2D eigenvalue weighted by Crippen LogP contribution is -2.29. The van der Waals surface area contributed by atoms with Gasteiger partial charge >= 0.3 is 0 Å². The van der Waals surface area contributed by atoms with Gasteiger partial charge in [0, 0.05) is 11.8 Å². The summed E-state index contributed by atoms with van der Waals surface area (Å²) in [5.41, 5.74) is 0. The van der Waals surface area contributed by atoms with Crippen LogP contribution in [-0.2, 0) is 14.3 Å². The van der Waals surface area contributed by atoms with Gasteiger partial charge in [0.2, 0.25) is 0 Å². The fourth-order valence-corrected chi connectivity index (χ4v) is 3.57. The zero-order chi connectivity index (χ0) is 13.4. The molecule has 104 valence electrons. The standard InChI is InChI=1S/C15H19FO3/c1-2-18-12-6-5-11-10-4-3-9(8-17)7-13(10)19-15(11)14(12)16/h5-6,8-11,13,15H,2-4,7H2,1H3/t9?,10-,11?,13+,15?/m0/s1. The van der Waals surface area contributed by atoms with Gasteiger partial charge in [-0.3, -0.25) is 0 Å². The maximum Gasteiger partial charge on any atom is 0.171 e. The van der Waals surface area contributed by atoms with E-state index in [4.69, 9.17) is 9.47 Å². The van der Waals surface area contributed by atoms with Crippen LogP contribution in [-0.4, -0.2) is 25.1 Å². The van der Waals surface area contributed by atoms with E-state index in [0.29, 0.717) is 18.3 Å². The Bertz CT molecular complexity index is 429. The zero-order valence-electron chi connectivity index (χ0n) is 11.0. The van der Waals surface area contributed by atoms with Gasteiger partial charge in [0.1, 0.15) is 12.4 Å². The lowest BCUT2D eigenvalue weighted by atomic mass is 9.74. The number of aldehydes is 1. The van der Waals surface area contributed by atoms with Crippen molar-refractivity contribution in [1.82, 2.24) is 0 Å². The lowest BCUT2D eigenvalue weighted by Gasteiger charge is -2.29. The Morgan fingerprint density at radius 2 is 2.37 bits per heavy atom. The van der Waals surface area contributed by atoms with Crippen molar-refractivity contribution < 1.29 is 18.7 Å². The Balaban J connectivity index is 1.79. The number of hydrogen-bond acceptors (Lipinski definition) is 3. The maximum atomic E-state index is 14.3. The Morgan fingerprint density at radius 3 is 3.11 bits per heavy atom. The minimum absolute atomic E-state index is 0.00956. The molecule has 2 fully saturated rings. The summed E-state index contributed by atoms with van der Waals surface area (Å²) in [5.74, 6) is 0.526. The number of fused-ring (bicyclic) bond motifs is 3. The van der Waals surface area contributed by atoms with E-state index in [0.717, 1.165) is 25.5 Å². The molecule has 0 aromatic carbocycles. The minimum Gasteiger partial charge on any atom is -0.491 e. The molecule has 0 aromatic heterocycles. The third-order valence-corrected chi connectivity index (χ3v) is 4.50. The molecule has 1 aliphatic heterocycles. The van der Waals surface area contributed by atoms with E-state index in [2.05, 4.69) is 0 Å². The molecule has 5 atom stereocenters. The first-order chi connectivity index (χ1) is 9.24. The average molecular weight is 266 g/mol. The average Bonchev–Trinajstić information content (AvgIpc) is 2.80. The van der Waals surface area contributed by atoms with Crippen molar-refractivity contribution in [3.8, 4) is 0 Å². The molecular formula is C15H19FO3. The molecule has 2 aliphatic carbocycles. The lowest BCUT2D eigenvalue weighted by molar-refractivity contribution is -0.113. The van der Waals surface area contributed by atoms with Crippen LogP contribution in [0.3, 0.4) is 0 Å². The summed E-state index contributed by atoms with van der Waals surface area (Å²) >= 11 is 0. The van der Waals surface area contributed by atoms with Gasteiger partial charge in [0.05, 0.1) is 12.7 Å². The molecule has 1 heterocycles. The van der Waals surface area contributed by atoms with Crippen molar-refractivity contribution >= 4 is 6.29 Å². The smallest absolute Gasteiger partial charge is 0.171 e. The molecule has 0 bridgehead atoms. The molecule has 3 rings (SSSR count). The molecule has 1 saturated carbocycles. The largest absolute Gasteiger partial charge is 0.491 e. The summed E-state index contributed by atoms with van der Waals surface area (Å²) < 4.78 is 25.5. The summed E-state index contributed by atoms with van der Waals surface area (Å²) in [4.78, 5) is 10.9. The van der Waals surface area contributed by atoms with E-state index >= 15 is 0 Å². The van der Waals surface area contributed by atoms with Crippen molar-refractivity contribution in [2.75, 3.05) is 6.61 Å². The molecular weight excluding hydrogens is 247 g/mol. The van der Waals surface area contributed by atoms with Gasteiger partial charge < -0.3 is 14.3 Å². The predicted octanol–water partition coefficient (Wildman–Crippen LogP) is 2.77. The molecule has 0 radical (unpaired) electrons. The van der Waals surface area contributed by atoms with Crippen molar-refractivity contribution in [3.63, 3.8) is 0 Å². The number of carbonyl (C=O) groups excluding carboxylic acids is 1. The monoisotopic (exact) mass is 266 g/mol. The molecule has 0 spiro atoms. The van der Waals surface area contributed by atoms with Crippen LogP contribution in [0.15, 0.2) is 23.7 Å². The summed E-state index contributed by atoms with van der Waals surface area (Å²) in [5, 5.41) is 0. The Hall–Kier alpha value is -1.16. The second-order valence-electron chi connectivity index (χ2n) is 5.55. The molecule has 4 heteroatoms. The van der Waals surface area contributed by atoms with Gasteiger partial charge in [-0.2, -0.15) is 0 Å². The van der Waals surface area contributed by atoms with Gasteiger partial charge in [0.25, 0.3) is 0 Å². The maximum absolute atomic E-state index is 14.3. The Kier molecular flexibility index (Phi) is 3.44. The highest BCUT2D eigenvalue weighted by atomic mass is 19.1. The summed E-state index contributed by atoms with van der Waals surface area (Å²) in [7, 11) is 0. The normalized spacial score (nSPS) is 40.8. The van der Waals surface area contributed by atoms with Crippen LogP contribution in [0.1, 0.15) is 26.2 Å². The zero-order valence-corrected chi connectivity index (χ0v) is 11.0. The molecule has 19 heavy (non-hydrogen) atoms. The van der Waals surface area contributed by atoms with E-state index in [1.165, 1.54) is 0 Å². The number of halogens is 1. The van der Waals surface area contributed by atoms with Crippen LogP contribution in [0.4, 0.5) is 4.39 Å². The molecule has 0 aromatic rings. The number of ether oxygens (including phenoxy) is 2. The highest BCUT2D eigenvalue weighted by Gasteiger charge is 2.49. The second kappa shape index (κ2) is 5.08. The van der Waals surface area contributed by atoms with Gasteiger partial charge in [-0.05, 0) is 38.2 Å². The first-order valence-electron chi connectivity index (χ1n) is 7.06. The highest BCUT2D eigenvalue weighted by Crippen LogP contribution is 2.48. The van der Waals surface area contributed by atoms with Crippen LogP contribution in [0.5, 0.6) is 0 Å². The van der Waals surface area contributed by atoms with Crippen molar-refractivity contribution in [2.24, 2.45) is 17.8 Å². The number of hydrogen-bond donors (Lipinski definition) is 0. The third-order valence-electron chi connectivity index (χ3n) is 4.50. The van der Waals surface area contributed by atoms with E-state index in [9.17, 15) is 9.18 Å². The van der Waals surface area contributed by atoms with Gasteiger partial charge in [-0.1, -0.05) is 6.08 Å². The highest BCUT2D eigenvalue weighted by molar-refractivity contribution is 5.53. The number of rotatable bonds is 3. The van der Waals surface area contributed by atoms with Crippen LogP contribution in [0, 0.1) is 17.8 Å².